The van der Waals surface area contributed by atoms with Crippen LogP contribution in [-0.2, 0) is 9.59 Å². The summed E-state index contributed by atoms with van der Waals surface area (Å²) < 4.78 is 0. The first-order chi connectivity index (χ1) is 10.1. The first kappa shape index (κ1) is 14.3. The molecule has 4 amide bonds. The van der Waals surface area contributed by atoms with Crippen molar-refractivity contribution >= 4 is 29.2 Å². The molecule has 1 saturated heterocycles. The molecule has 1 aliphatic carbocycles. The van der Waals surface area contributed by atoms with Crippen molar-refractivity contribution in [3.63, 3.8) is 0 Å². The zero-order valence-corrected chi connectivity index (χ0v) is 12.7. The summed E-state index contributed by atoms with van der Waals surface area (Å²) in [5, 5.41) is 4.33. The molecule has 1 unspecified atom stereocenters. The van der Waals surface area contributed by atoms with Crippen LogP contribution in [-0.4, -0.2) is 22.7 Å². The molecule has 112 valence electrons. The maximum Gasteiger partial charge on any atom is 0.331 e. The quantitative estimate of drug-likeness (QED) is 0.873. The van der Waals surface area contributed by atoms with Gasteiger partial charge in [0, 0.05) is 4.88 Å². The van der Waals surface area contributed by atoms with Gasteiger partial charge in [0.15, 0.2) is 0 Å². The van der Waals surface area contributed by atoms with E-state index in [-0.39, 0.29) is 11.9 Å². The number of nitrogens with zero attached hydrogens (tertiary/aromatic N) is 1. The third-order valence-electron chi connectivity index (χ3n) is 4.53. The molecular weight excluding hydrogens is 288 g/mol. The maximum atomic E-state index is 12.9. The van der Waals surface area contributed by atoms with Crippen molar-refractivity contribution in [3.05, 3.63) is 22.4 Å². The van der Waals surface area contributed by atoms with E-state index in [1.54, 1.807) is 0 Å². The number of rotatable bonds is 3. The van der Waals surface area contributed by atoms with Crippen molar-refractivity contribution in [2.24, 2.45) is 5.41 Å². The van der Waals surface area contributed by atoms with Crippen LogP contribution in [0.1, 0.15) is 49.9 Å². The van der Waals surface area contributed by atoms with Crippen molar-refractivity contribution in [2.75, 3.05) is 0 Å². The topological polar surface area (TPSA) is 66.5 Å². The van der Waals surface area contributed by atoms with Gasteiger partial charge < -0.3 is 0 Å². The fraction of sp³-hybridized carbons (Fsp3) is 0.533. The SMILES string of the molecule is CCC(c1cccs1)N1C(=O)NC(=O)C2(CCCC2)C1=O. The lowest BCUT2D eigenvalue weighted by molar-refractivity contribution is -0.152. The van der Waals surface area contributed by atoms with E-state index in [9.17, 15) is 14.4 Å². The molecule has 21 heavy (non-hydrogen) atoms. The number of carbonyl (C=O) groups is 3. The lowest BCUT2D eigenvalue weighted by Crippen LogP contribution is -2.63. The third kappa shape index (κ3) is 2.09. The molecule has 1 N–H and O–H groups in total. The minimum Gasteiger partial charge on any atom is -0.277 e. The van der Waals surface area contributed by atoms with Crippen LogP contribution in [0.5, 0.6) is 0 Å². The predicted octanol–water partition coefficient (Wildman–Crippen LogP) is 2.84. The Bertz CT molecular complexity index is 576. The number of hydrogen-bond acceptors (Lipinski definition) is 4. The summed E-state index contributed by atoms with van der Waals surface area (Å²) in [6.07, 6.45) is 3.45. The molecule has 1 aromatic rings. The molecule has 0 radical (unpaired) electrons. The number of urea groups is 1. The van der Waals surface area contributed by atoms with Gasteiger partial charge in [0.25, 0.3) is 0 Å². The van der Waals surface area contributed by atoms with Gasteiger partial charge in [-0.2, -0.15) is 0 Å². The van der Waals surface area contributed by atoms with Gasteiger partial charge in [-0.1, -0.05) is 25.8 Å². The Balaban J connectivity index is 1.98. The smallest absolute Gasteiger partial charge is 0.277 e. The van der Waals surface area contributed by atoms with E-state index >= 15 is 0 Å². The first-order valence-electron chi connectivity index (χ1n) is 7.32. The largest absolute Gasteiger partial charge is 0.331 e. The minimum atomic E-state index is -1.02. The molecule has 1 aromatic heterocycles. The number of barbiturate groups is 1. The van der Waals surface area contributed by atoms with Crippen molar-refractivity contribution in [1.82, 2.24) is 10.2 Å². The summed E-state index contributed by atoms with van der Waals surface area (Å²) in [5.74, 6) is -0.721. The summed E-state index contributed by atoms with van der Waals surface area (Å²) in [6.45, 7) is 1.95. The molecule has 1 spiro atoms. The molecule has 2 fully saturated rings. The molecule has 1 atom stereocenters. The molecule has 3 rings (SSSR count). The fourth-order valence-corrected chi connectivity index (χ4v) is 4.29. The fourth-order valence-electron chi connectivity index (χ4n) is 3.39. The van der Waals surface area contributed by atoms with E-state index in [2.05, 4.69) is 5.32 Å². The standard InChI is InChI=1S/C15H18N2O3S/c1-2-10(11-6-5-9-21-11)17-13(19)15(7-3-4-8-15)12(18)16-14(17)20/h5-6,9-10H,2-4,7-8H2,1H3,(H,16,18,20). The van der Waals surface area contributed by atoms with Crippen LogP contribution in [0.2, 0.25) is 0 Å². The molecule has 6 heteroatoms. The number of amides is 4. The highest BCUT2D eigenvalue weighted by molar-refractivity contribution is 7.10. The minimum absolute atomic E-state index is 0.289. The number of carbonyl (C=O) groups excluding carboxylic acids is 3. The Labute approximate surface area is 127 Å². The van der Waals surface area contributed by atoms with Crippen LogP contribution in [0.15, 0.2) is 17.5 Å². The van der Waals surface area contributed by atoms with E-state index in [0.29, 0.717) is 19.3 Å². The summed E-state index contributed by atoms with van der Waals surface area (Å²) in [6, 6.07) is 2.97. The van der Waals surface area contributed by atoms with Crippen molar-refractivity contribution in [3.8, 4) is 0 Å². The molecule has 1 saturated carbocycles. The average molecular weight is 306 g/mol. The number of hydrogen-bond donors (Lipinski definition) is 1. The zero-order valence-electron chi connectivity index (χ0n) is 11.9. The molecule has 2 heterocycles. The van der Waals surface area contributed by atoms with Crippen molar-refractivity contribution in [1.29, 1.82) is 0 Å². The lowest BCUT2D eigenvalue weighted by atomic mass is 9.81. The molecule has 1 aliphatic heterocycles. The van der Waals surface area contributed by atoms with Gasteiger partial charge in [-0.3, -0.25) is 19.8 Å². The van der Waals surface area contributed by atoms with E-state index in [0.717, 1.165) is 17.7 Å². The Morgan fingerprint density at radius 3 is 2.62 bits per heavy atom. The Hall–Kier alpha value is -1.69. The molecule has 0 aromatic carbocycles. The number of imide groups is 2. The van der Waals surface area contributed by atoms with Gasteiger partial charge in [-0.25, -0.2) is 4.79 Å². The Morgan fingerprint density at radius 2 is 2.05 bits per heavy atom. The normalized spacial score (nSPS) is 22.7. The van der Waals surface area contributed by atoms with Crippen LogP contribution in [0.4, 0.5) is 4.79 Å². The average Bonchev–Trinajstić information content (AvgIpc) is 3.13. The van der Waals surface area contributed by atoms with Crippen LogP contribution in [0.3, 0.4) is 0 Å². The monoisotopic (exact) mass is 306 g/mol. The van der Waals surface area contributed by atoms with Gasteiger partial charge in [0.1, 0.15) is 5.41 Å². The first-order valence-corrected chi connectivity index (χ1v) is 8.20. The van der Waals surface area contributed by atoms with Crippen LogP contribution in [0.25, 0.3) is 0 Å². The highest BCUT2D eigenvalue weighted by Gasteiger charge is 2.56. The molecule has 0 bridgehead atoms. The number of nitrogens with one attached hydrogen (secondary N) is 1. The maximum absolute atomic E-state index is 12.9. The molecular formula is C15H18N2O3S. The van der Waals surface area contributed by atoms with Crippen molar-refractivity contribution in [2.45, 2.75) is 45.1 Å². The third-order valence-corrected chi connectivity index (χ3v) is 5.50. The van der Waals surface area contributed by atoms with E-state index in [1.807, 2.05) is 24.4 Å². The van der Waals surface area contributed by atoms with Crippen LogP contribution >= 0.6 is 11.3 Å². The van der Waals surface area contributed by atoms with Crippen LogP contribution in [0, 0.1) is 5.41 Å². The van der Waals surface area contributed by atoms with E-state index in [1.165, 1.54) is 16.2 Å². The van der Waals surface area contributed by atoms with E-state index in [4.69, 9.17) is 0 Å². The zero-order chi connectivity index (χ0) is 15.0. The summed E-state index contributed by atoms with van der Waals surface area (Å²) >= 11 is 1.53. The summed E-state index contributed by atoms with van der Waals surface area (Å²) in [7, 11) is 0. The second-order valence-corrected chi connectivity index (χ2v) is 6.64. The van der Waals surface area contributed by atoms with Gasteiger partial charge in [0.05, 0.1) is 6.04 Å². The van der Waals surface area contributed by atoms with E-state index < -0.39 is 17.4 Å². The number of thiophene rings is 1. The molecule has 2 aliphatic rings. The predicted molar refractivity (Wildman–Crippen MR) is 78.6 cm³/mol. The van der Waals surface area contributed by atoms with Crippen LogP contribution < -0.4 is 5.32 Å². The second kappa shape index (κ2) is 5.26. The Kier molecular flexibility index (Phi) is 3.57. The Morgan fingerprint density at radius 1 is 1.33 bits per heavy atom. The van der Waals surface area contributed by atoms with Gasteiger partial charge in [0.2, 0.25) is 11.8 Å². The lowest BCUT2D eigenvalue weighted by Gasteiger charge is -2.40. The molecule has 5 nitrogen and oxygen atoms in total. The van der Waals surface area contributed by atoms with Crippen molar-refractivity contribution < 1.29 is 14.4 Å². The summed E-state index contributed by atoms with van der Waals surface area (Å²) in [4.78, 5) is 39.6. The van der Waals surface area contributed by atoms with Gasteiger partial charge in [-0.15, -0.1) is 11.3 Å². The van der Waals surface area contributed by atoms with Gasteiger partial charge >= 0.3 is 6.03 Å². The highest BCUT2D eigenvalue weighted by atomic mass is 32.1. The highest BCUT2D eigenvalue weighted by Crippen LogP contribution is 2.44. The van der Waals surface area contributed by atoms with Gasteiger partial charge in [-0.05, 0) is 30.7 Å². The summed E-state index contributed by atoms with van der Waals surface area (Å²) in [5.41, 5.74) is -1.02. The second-order valence-electron chi connectivity index (χ2n) is 5.66.